The third-order valence-electron chi connectivity index (χ3n) is 6.14. The van der Waals surface area contributed by atoms with Gasteiger partial charge in [-0.15, -0.1) is 0 Å². The number of likely N-dealkylation sites (tertiary alicyclic amines) is 1. The number of hydrogen-bond acceptors (Lipinski definition) is 6. The van der Waals surface area contributed by atoms with E-state index in [1.165, 1.54) is 25.0 Å². The normalized spacial score (nSPS) is 13.8. The van der Waals surface area contributed by atoms with E-state index < -0.39 is 6.09 Å². The first-order chi connectivity index (χ1) is 17.0. The van der Waals surface area contributed by atoms with Crippen molar-refractivity contribution in [3.63, 3.8) is 0 Å². The van der Waals surface area contributed by atoms with Crippen LogP contribution in [-0.4, -0.2) is 49.2 Å². The molecule has 0 unspecified atom stereocenters. The number of nitrogens with one attached hydrogen (secondary N) is 1. The summed E-state index contributed by atoms with van der Waals surface area (Å²) in [6, 6.07) is 19.1. The summed E-state index contributed by atoms with van der Waals surface area (Å²) >= 11 is 0. The van der Waals surface area contributed by atoms with Gasteiger partial charge in [-0.3, -0.25) is 5.32 Å². The largest absolute Gasteiger partial charge is 0.423 e. The van der Waals surface area contributed by atoms with Crippen molar-refractivity contribution in [3.8, 4) is 16.9 Å². The Kier molecular flexibility index (Phi) is 6.63. The quantitative estimate of drug-likeness (QED) is 0.366. The Hall–Kier alpha value is -3.91. The van der Waals surface area contributed by atoms with Crippen molar-refractivity contribution in [2.45, 2.75) is 12.8 Å². The van der Waals surface area contributed by atoms with Crippen molar-refractivity contribution in [1.82, 2.24) is 9.88 Å². The second-order valence-corrected chi connectivity index (χ2v) is 8.70. The minimum atomic E-state index is -0.606. The summed E-state index contributed by atoms with van der Waals surface area (Å²) in [5.74, 6) is 0.118. The Morgan fingerprint density at radius 3 is 2.46 bits per heavy atom. The summed E-state index contributed by atoms with van der Waals surface area (Å²) < 4.78 is 24.4. The van der Waals surface area contributed by atoms with Gasteiger partial charge in [0.05, 0.1) is 0 Å². The van der Waals surface area contributed by atoms with Crippen LogP contribution in [0.25, 0.3) is 22.2 Å². The molecule has 8 heteroatoms. The predicted molar refractivity (Wildman–Crippen MR) is 134 cm³/mol. The molecule has 7 nitrogen and oxygen atoms in total. The van der Waals surface area contributed by atoms with Crippen LogP contribution in [0, 0.1) is 5.82 Å². The van der Waals surface area contributed by atoms with Crippen LogP contribution < -0.4 is 15.0 Å². The third kappa shape index (κ3) is 5.60. The average Bonchev–Trinajstić information content (AvgIpc) is 3.53. The zero-order chi connectivity index (χ0) is 24.2. The van der Waals surface area contributed by atoms with Crippen molar-refractivity contribution in [2.75, 3.05) is 43.4 Å². The molecular weight excluding hydrogens is 447 g/mol. The van der Waals surface area contributed by atoms with Crippen molar-refractivity contribution in [3.05, 3.63) is 72.5 Å². The molecule has 180 valence electrons. The van der Waals surface area contributed by atoms with Gasteiger partial charge >= 0.3 is 6.09 Å². The topological polar surface area (TPSA) is 70.8 Å². The highest BCUT2D eigenvalue weighted by Crippen LogP contribution is 2.25. The molecule has 5 rings (SSSR count). The van der Waals surface area contributed by atoms with Crippen LogP contribution in [0.1, 0.15) is 12.8 Å². The maximum Gasteiger partial charge on any atom is 0.417 e. The molecule has 1 saturated heterocycles. The summed E-state index contributed by atoms with van der Waals surface area (Å²) in [5, 5.41) is 2.73. The van der Waals surface area contributed by atoms with Crippen LogP contribution in [0.5, 0.6) is 5.75 Å². The first-order valence-corrected chi connectivity index (χ1v) is 11.7. The highest BCUT2D eigenvalue weighted by atomic mass is 19.1. The number of nitrogens with zero attached hydrogens (tertiary/aromatic N) is 3. The molecule has 0 bridgehead atoms. The molecule has 0 radical (unpaired) electrons. The van der Waals surface area contributed by atoms with Gasteiger partial charge in [-0.2, -0.15) is 4.98 Å². The molecular formula is C27H27FN4O3. The summed E-state index contributed by atoms with van der Waals surface area (Å²) in [5.41, 5.74) is 3.66. The number of carbonyl (C=O) groups excluding carboxylic acids is 1. The van der Waals surface area contributed by atoms with Crippen LogP contribution >= 0.6 is 0 Å². The van der Waals surface area contributed by atoms with Gasteiger partial charge in [-0.1, -0.05) is 24.3 Å². The second-order valence-electron chi connectivity index (χ2n) is 8.70. The zero-order valence-electron chi connectivity index (χ0n) is 19.5. The van der Waals surface area contributed by atoms with Gasteiger partial charge in [0.2, 0.25) is 0 Å². The molecule has 0 atom stereocenters. The number of oxazole rings is 1. The van der Waals surface area contributed by atoms with E-state index in [0.717, 1.165) is 37.3 Å². The maximum absolute atomic E-state index is 13.1. The number of halogens is 1. The smallest absolute Gasteiger partial charge is 0.417 e. The van der Waals surface area contributed by atoms with Gasteiger partial charge in [0, 0.05) is 25.8 Å². The Bertz CT molecular complexity index is 1300. The molecule has 1 aliphatic rings. The lowest BCUT2D eigenvalue weighted by molar-refractivity contribution is 0.215. The molecule has 1 fully saturated rings. The van der Waals surface area contributed by atoms with Gasteiger partial charge in [0.1, 0.15) is 17.1 Å². The number of ether oxygens (including phenoxy) is 1. The molecule has 1 aliphatic heterocycles. The predicted octanol–water partition coefficient (Wildman–Crippen LogP) is 5.78. The van der Waals surface area contributed by atoms with Crippen LogP contribution in [0.15, 0.2) is 71.1 Å². The van der Waals surface area contributed by atoms with Crippen LogP contribution in [-0.2, 0) is 0 Å². The molecule has 35 heavy (non-hydrogen) atoms. The number of fused-ring (bicyclic) bond motifs is 1. The summed E-state index contributed by atoms with van der Waals surface area (Å²) in [4.78, 5) is 21.4. The Labute approximate surface area is 203 Å². The number of amides is 1. The van der Waals surface area contributed by atoms with Gasteiger partial charge in [-0.25, -0.2) is 9.18 Å². The maximum atomic E-state index is 13.1. The average molecular weight is 475 g/mol. The van der Waals surface area contributed by atoms with Crippen molar-refractivity contribution >= 4 is 28.9 Å². The minimum absolute atomic E-state index is 0.282. The summed E-state index contributed by atoms with van der Waals surface area (Å²) in [6.45, 7) is 4.14. The second kappa shape index (κ2) is 10.1. The van der Waals surface area contributed by atoms with E-state index in [4.69, 9.17) is 9.15 Å². The van der Waals surface area contributed by atoms with Crippen LogP contribution in [0.2, 0.25) is 0 Å². The van der Waals surface area contributed by atoms with Crippen LogP contribution in [0.3, 0.4) is 0 Å². The molecule has 1 aromatic heterocycles. The third-order valence-corrected chi connectivity index (χ3v) is 6.14. The number of carbonyl (C=O) groups is 1. The fraction of sp³-hybridized carbons (Fsp3) is 0.259. The molecule has 3 aromatic carbocycles. The fourth-order valence-electron chi connectivity index (χ4n) is 4.16. The SMILES string of the molecule is CN(CCN1CCCC1)c1nc2cc(NC(=O)Oc3ccc(-c4ccc(F)cc4)cc3)ccc2o1. The molecule has 0 saturated carbocycles. The van der Waals surface area contributed by atoms with Crippen molar-refractivity contribution < 1.29 is 18.3 Å². The molecule has 0 aliphatic carbocycles. The lowest BCUT2D eigenvalue weighted by atomic mass is 10.1. The van der Waals surface area contributed by atoms with E-state index in [0.29, 0.717) is 28.6 Å². The highest BCUT2D eigenvalue weighted by molar-refractivity contribution is 5.89. The first kappa shape index (κ1) is 22.9. The zero-order valence-corrected chi connectivity index (χ0v) is 19.5. The number of hydrogen-bond donors (Lipinski definition) is 1. The van der Waals surface area contributed by atoms with Crippen molar-refractivity contribution in [2.24, 2.45) is 0 Å². The van der Waals surface area contributed by atoms with E-state index in [2.05, 4.69) is 15.2 Å². The fourth-order valence-corrected chi connectivity index (χ4v) is 4.16. The van der Waals surface area contributed by atoms with Gasteiger partial charge in [-0.05, 0) is 79.5 Å². The number of rotatable bonds is 7. The van der Waals surface area contributed by atoms with E-state index in [-0.39, 0.29) is 5.82 Å². The van der Waals surface area contributed by atoms with Gasteiger partial charge in [0.15, 0.2) is 5.58 Å². The molecule has 1 N–H and O–H groups in total. The summed E-state index contributed by atoms with van der Waals surface area (Å²) in [7, 11) is 1.97. The standard InChI is InChI=1S/C27H27FN4O3/c1-31(16-17-32-14-2-3-15-32)26-30-24-18-22(10-13-25(24)35-26)29-27(33)34-23-11-6-20(7-12-23)19-4-8-21(28)9-5-19/h4-13,18H,2-3,14-17H2,1H3,(H,29,33). The van der Waals surface area contributed by atoms with E-state index in [1.54, 1.807) is 42.5 Å². The monoisotopic (exact) mass is 474 g/mol. The Morgan fingerprint density at radius 2 is 1.74 bits per heavy atom. The lowest BCUT2D eigenvalue weighted by Crippen LogP contribution is -2.31. The number of anilines is 2. The first-order valence-electron chi connectivity index (χ1n) is 11.7. The van der Waals surface area contributed by atoms with Crippen LogP contribution in [0.4, 0.5) is 20.9 Å². The molecule has 2 heterocycles. The molecule has 4 aromatic rings. The number of aromatic nitrogens is 1. The molecule has 0 spiro atoms. The lowest BCUT2D eigenvalue weighted by Gasteiger charge is -2.19. The van der Waals surface area contributed by atoms with E-state index >= 15 is 0 Å². The number of benzene rings is 3. The minimum Gasteiger partial charge on any atom is -0.423 e. The Balaban J connectivity index is 1.18. The van der Waals surface area contributed by atoms with E-state index in [9.17, 15) is 9.18 Å². The van der Waals surface area contributed by atoms with E-state index in [1.807, 2.05) is 24.1 Å². The Morgan fingerprint density at radius 1 is 1.06 bits per heavy atom. The number of likely N-dealkylation sites (N-methyl/N-ethyl adjacent to an activating group) is 1. The van der Waals surface area contributed by atoms with Gasteiger partial charge < -0.3 is 19.0 Å². The van der Waals surface area contributed by atoms with Gasteiger partial charge in [0.25, 0.3) is 6.01 Å². The molecule has 1 amide bonds. The highest BCUT2D eigenvalue weighted by Gasteiger charge is 2.15. The summed E-state index contributed by atoms with van der Waals surface area (Å²) in [6.07, 6.45) is 1.93. The van der Waals surface area contributed by atoms with Crippen molar-refractivity contribution in [1.29, 1.82) is 0 Å².